The summed E-state index contributed by atoms with van der Waals surface area (Å²) < 4.78 is 45.7. The minimum atomic E-state index is -3.87. The van der Waals surface area contributed by atoms with Crippen LogP contribution in [0.5, 0.6) is 0 Å². The number of rotatable bonds is 4. The fourth-order valence-corrected chi connectivity index (χ4v) is 3.34. The zero-order valence-corrected chi connectivity index (χ0v) is 12.7. The highest BCUT2D eigenvalue weighted by Gasteiger charge is 2.23. The molecule has 0 saturated heterocycles. The van der Waals surface area contributed by atoms with Crippen LogP contribution in [0, 0.1) is 19.7 Å². The van der Waals surface area contributed by atoms with Gasteiger partial charge in [-0.1, -0.05) is 0 Å². The second-order valence-electron chi connectivity index (χ2n) is 4.79. The van der Waals surface area contributed by atoms with Crippen molar-refractivity contribution >= 4 is 15.7 Å². The topological polar surface area (TPSA) is 98.2 Å². The molecular weight excluding hydrogens is 297 g/mol. The van der Waals surface area contributed by atoms with Crippen LogP contribution in [0.4, 0.5) is 10.1 Å². The van der Waals surface area contributed by atoms with E-state index < -0.39 is 21.9 Å². The third kappa shape index (κ3) is 3.22. The SMILES string of the molecule is Cc1cnc(C(C)NS(=O)(=O)c2cc(N)c(F)cc2C)o1. The van der Waals surface area contributed by atoms with E-state index >= 15 is 0 Å². The molecule has 0 radical (unpaired) electrons. The van der Waals surface area contributed by atoms with E-state index in [2.05, 4.69) is 9.71 Å². The molecule has 0 fully saturated rings. The van der Waals surface area contributed by atoms with Gasteiger partial charge in [-0.3, -0.25) is 0 Å². The Labute approximate surface area is 122 Å². The molecule has 21 heavy (non-hydrogen) atoms. The van der Waals surface area contributed by atoms with Crippen LogP contribution in [0.2, 0.25) is 0 Å². The zero-order valence-electron chi connectivity index (χ0n) is 11.8. The number of aromatic nitrogens is 1. The molecule has 114 valence electrons. The lowest BCUT2D eigenvalue weighted by Crippen LogP contribution is -2.27. The quantitative estimate of drug-likeness (QED) is 0.842. The number of sulfonamides is 1. The van der Waals surface area contributed by atoms with Crippen LogP contribution in [0.1, 0.15) is 30.2 Å². The molecule has 0 saturated carbocycles. The maximum Gasteiger partial charge on any atom is 0.241 e. The largest absolute Gasteiger partial charge is 0.444 e. The Bertz CT molecular complexity index is 771. The molecule has 2 aromatic rings. The molecule has 1 aromatic carbocycles. The van der Waals surface area contributed by atoms with Crippen molar-refractivity contribution in [3.05, 3.63) is 41.4 Å². The van der Waals surface area contributed by atoms with E-state index in [9.17, 15) is 12.8 Å². The molecule has 0 bridgehead atoms. The number of benzene rings is 1. The first kappa shape index (κ1) is 15.5. The summed E-state index contributed by atoms with van der Waals surface area (Å²) in [6, 6.07) is 1.53. The average Bonchev–Trinajstić information content (AvgIpc) is 2.80. The highest BCUT2D eigenvalue weighted by atomic mass is 32.2. The number of halogens is 1. The summed E-state index contributed by atoms with van der Waals surface area (Å²) in [5, 5.41) is 0. The van der Waals surface area contributed by atoms with E-state index in [-0.39, 0.29) is 22.0 Å². The van der Waals surface area contributed by atoms with Crippen LogP contribution >= 0.6 is 0 Å². The van der Waals surface area contributed by atoms with E-state index in [1.807, 2.05) is 0 Å². The number of hydrogen-bond acceptors (Lipinski definition) is 5. The number of anilines is 1. The van der Waals surface area contributed by atoms with Crippen LogP contribution in [0.3, 0.4) is 0 Å². The average molecular weight is 313 g/mol. The number of nitrogen functional groups attached to an aromatic ring is 1. The minimum absolute atomic E-state index is 0.0727. The molecule has 3 N–H and O–H groups in total. The van der Waals surface area contributed by atoms with Crippen molar-refractivity contribution in [3.8, 4) is 0 Å². The summed E-state index contributed by atoms with van der Waals surface area (Å²) in [4.78, 5) is 3.90. The van der Waals surface area contributed by atoms with Gasteiger partial charge in [0, 0.05) is 0 Å². The standard InChI is InChI=1S/C13H16FN3O3S/c1-7-4-10(14)11(15)5-12(7)21(18,19)17-9(3)13-16-6-8(2)20-13/h4-6,9,17H,15H2,1-3H3. The van der Waals surface area contributed by atoms with Gasteiger partial charge in [0.15, 0.2) is 0 Å². The van der Waals surface area contributed by atoms with Gasteiger partial charge in [-0.05, 0) is 38.5 Å². The summed E-state index contributed by atoms with van der Waals surface area (Å²) in [7, 11) is -3.87. The summed E-state index contributed by atoms with van der Waals surface area (Å²) in [5.41, 5.74) is 5.48. The molecule has 0 spiro atoms. The first-order valence-corrected chi connectivity index (χ1v) is 7.69. The summed E-state index contributed by atoms with van der Waals surface area (Å²) >= 11 is 0. The Morgan fingerprint density at radius 2 is 2.05 bits per heavy atom. The van der Waals surface area contributed by atoms with Crippen molar-refractivity contribution in [2.24, 2.45) is 0 Å². The third-order valence-corrected chi connectivity index (χ3v) is 4.61. The molecule has 1 aromatic heterocycles. The van der Waals surface area contributed by atoms with E-state index in [0.29, 0.717) is 5.76 Å². The highest BCUT2D eigenvalue weighted by Crippen LogP contribution is 2.23. The Balaban J connectivity index is 2.32. The van der Waals surface area contributed by atoms with Crippen LogP contribution in [-0.4, -0.2) is 13.4 Å². The number of nitrogens with two attached hydrogens (primary N) is 1. The minimum Gasteiger partial charge on any atom is -0.444 e. The van der Waals surface area contributed by atoms with Gasteiger partial charge in [-0.25, -0.2) is 17.8 Å². The lowest BCUT2D eigenvalue weighted by Gasteiger charge is -2.13. The molecule has 2 rings (SSSR count). The van der Waals surface area contributed by atoms with Gasteiger partial charge >= 0.3 is 0 Å². The van der Waals surface area contributed by atoms with Gasteiger partial charge in [0.2, 0.25) is 15.9 Å². The van der Waals surface area contributed by atoms with Crippen LogP contribution < -0.4 is 10.5 Å². The van der Waals surface area contributed by atoms with Gasteiger partial charge in [0.1, 0.15) is 11.6 Å². The predicted molar refractivity (Wildman–Crippen MR) is 75.5 cm³/mol. The fraction of sp³-hybridized carbons (Fsp3) is 0.308. The second kappa shape index (κ2) is 5.45. The van der Waals surface area contributed by atoms with Gasteiger partial charge in [0.25, 0.3) is 0 Å². The van der Waals surface area contributed by atoms with Gasteiger partial charge < -0.3 is 10.2 Å². The lowest BCUT2D eigenvalue weighted by molar-refractivity contribution is 0.427. The molecule has 1 heterocycles. The summed E-state index contributed by atoms with van der Waals surface area (Å²) in [6.07, 6.45) is 1.50. The van der Waals surface area contributed by atoms with Gasteiger partial charge in [0.05, 0.1) is 22.8 Å². The number of nitrogens with one attached hydrogen (secondary N) is 1. The normalized spacial score (nSPS) is 13.3. The fourth-order valence-electron chi connectivity index (χ4n) is 1.88. The van der Waals surface area contributed by atoms with E-state index in [1.54, 1.807) is 13.8 Å². The Morgan fingerprint density at radius 3 is 2.62 bits per heavy atom. The molecule has 8 heteroatoms. The number of nitrogens with zero attached hydrogens (tertiary/aromatic N) is 1. The molecule has 0 aliphatic heterocycles. The maximum absolute atomic E-state index is 13.3. The van der Waals surface area contributed by atoms with Crippen molar-refractivity contribution in [3.63, 3.8) is 0 Å². The van der Waals surface area contributed by atoms with Crippen molar-refractivity contribution in [1.29, 1.82) is 0 Å². The van der Waals surface area contributed by atoms with Crippen molar-refractivity contribution in [2.45, 2.75) is 31.7 Å². The van der Waals surface area contributed by atoms with Crippen LogP contribution in [0.25, 0.3) is 0 Å². The highest BCUT2D eigenvalue weighted by molar-refractivity contribution is 7.89. The molecule has 0 aliphatic rings. The molecule has 1 unspecified atom stereocenters. The molecule has 6 nitrogen and oxygen atoms in total. The smallest absolute Gasteiger partial charge is 0.241 e. The molecular formula is C13H16FN3O3S. The Morgan fingerprint density at radius 1 is 1.38 bits per heavy atom. The van der Waals surface area contributed by atoms with Crippen molar-refractivity contribution in [1.82, 2.24) is 9.71 Å². The third-order valence-electron chi connectivity index (χ3n) is 2.93. The number of oxazole rings is 1. The monoisotopic (exact) mass is 313 g/mol. The van der Waals surface area contributed by atoms with Gasteiger partial charge in [-0.15, -0.1) is 0 Å². The number of hydrogen-bond donors (Lipinski definition) is 2. The first-order valence-electron chi connectivity index (χ1n) is 6.21. The van der Waals surface area contributed by atoms with E-state index in [0.717, 1.165) is 12.1 Å². The predicted octanol–water partition coefficient (Wildman–Crippen LogP) is 2.05. The van der Waals surface area contributed by atoms with E-state index in [1.165, 1.54) is 13.1 Å². The lowest BCUT2D eigenvalue weighted by atomic mass is 10.2. The van der Waals surface area contributed by atoms with Gasteiger partial charge in [-0.2, -0.15) is 4.72 Å². The molecule has 0 aliphatic carbocycles. The summed E-state index contributed by atoms with van der Waals surface area (Å²) in [5.74, 6) is 0.185. The molecule has 0 amide bonds. The first-order chi connectivity index (χ1) is 9.70. The van der Waals surface area contributed by atoms with Crippen LogP contribution in [-0.2, 0) is 10.0 Å². The van der Waals surface area contributed by atoms with Crippen molar-refractivity contribution in [2.75, 3.05) is 5.73 Å². The Kier molecular flexibility index (Phi) is 4.02. The van der Waals surface area contributed by atoms with E-state index in [4.69, 9.17) is 10.2 Å². The maximum atomic E-state index is 13.3. The second-order valence-corrected chi connectivity index (χ2v) is 6.47. The zero-order chi connectivity index (χ0) is 15.8. The Hall–Kier alpha value is -1.93. The summed E-state index contributed by atoms with van der Waals surface area (Å²) in [6.45, 7) is 4.81. The van der Waals surface area contributed by atoms with Crippen molar-refractivity contribution < 1.29 is 17.2 Å². The van der Waals surface area contributed by atoms with Crippen LogP contribution in [0.15, 0.2) is 27.6 Å². The number of aryl methyl sites for hydroxylation is 2. The molecule has 1 atom stereocenters.